The van der Waals surface area contributed by atoms with Gasteiger partial charge in [0.05, 0.1) is 23.4 Å². The largest absolute Gasteiger partial charge is 0.395 e. The Morgan fingerprint density at radius 1 is 1.26 bits per heavy atom. The predicted octanol–water partition coefficient (Wildman–Crippen LogP) is 3.67. The molecule has 0 bridgehead atoms. The van der Waals surface area contributed by atoms with E-state index in [9.17, 15) is 4.79 Å². The highest BCUT2D eigenvalue weighted by Gasteiger charge is 2.29. The molecule has 2 aromatic carbocycles. The zero-order valence-corrected chi connectivity index (χ0v) is 16.1. The van der Waals surface area contributed by atoms with Crippen LogP contribution in [0.25, 0.3) is 20.8 Å². The first kappa shape index (κ1) is 18.1. The minimum absolute atomic E-state index is 0.0430. The fourth-order valence-corrected chi connectivity index (χ4v) is 4.26. The van der Waals surface area contributed by atoms with Gasteiger partial charge in [-0.2, -0.15) is 0 Å². The number of carbonyl (C=O) groups excluding carboxylic acids is 1. The van der Waals surface area contributed by atoms with Gasteiger partial charge in [0.25, 0.3) is 0 Å². The lowest BCUT2D eigenvalue weighted by Crippen LogP contribution is -2.36. The monoisotopic (exact) mass is 381 g/mol. The lowest BCUT2D eigenvalue weighted by atomic mass is 10.2. The van der Waals surface area contributed by atoms with Crippen LogP contribution in [-0.4, -0.2) is 46.6 Å². The average Bonchev–Trinajstić information content (AvgIpc) is 3.41. The number of hydrogen-bond donors (Lipinski definition) is 2. The van der Waals surface area contributed by atoms with Crippen molar-refractivity contribution in [3.8, 4) is 10.6 Å². The van der Waals surface area contributed by atoms with Crippen molar-refractivity contribution >= 4 is 33.1 Å². The van der Waals surface area contributed by atoms with E-state index in [0.717, 1.165) is 34.6 Å². The first-order valence-corrected chi connectivity index (χ1v) is 10.1. The van der Waals surface area contributed by atoms with E-state index in [1.165, 1.54) is 10.3 Å². The van der Waals surface area contributed by atoms with E-state index in [0.29, 0.717) is 19.1 Å². The third-order valence-electron chi connectivity index (χ3n) is 4.76. The molecule has 27 heavy (non-hydrogen) atoms. The van der Waals surface area contributed by atoms with E-state index in [4.69, 9.17) is 10.1 Å². The molecule has 1 heterocycles. The molecule has 1 aliphatic rings. The average molecular weight is 382 g/mol. The van der Waals surface area contributed by atoms with Gasteiger partial charge in [0.2, 0.25) is 5.91 Å². The van der Waals surface area contributed by atoms with Crippen molar-refractivity contribution in [1.82, 2.24) is 9.88 Å². The maximum absolute atomic E-state index is 12.3. The second kappa shape index (κ2) is 7.76. The second-order valence-corrected chi connectivity index (χ2v) is 8.07. The Balaban J connectivity index is 1.42. The summed E-state index contributed by atoms with van der Waals surface area (Å²) in [5.41, 5.74) is 4.08. The highest BCUT2D eigenvalue weighted by atomic mass is 32.1. The van der Waals surface area contributed by atoms with Gasteiger partial charge in [-0.1, -0.05) is 6.07 Å². The van der Waals surface area contributed by atoms with Crippen molar-refractivity contribution < 1.29 is 9.90 Å². The summed E-state index contributed by atoms with van der Waals surface area (Å²) < 4.78 is 1.19. The Bertz CT molecular complexity index is 948. The van der Waals surface area contributed by atoms with Crippen molar-refractivity contribution in [1.29, 1.82) is 0 Å². The van der Waals surface area contributed by atoms with Crippen molar-refractivity contribution in [3.63, 3.8) is 0 Å². The molecule has 4 rings (SSSR count). The van der Waals surface area contributed by atoms with Gasteiger partial charge in [-0.3, -0.25) is 9.69 Å². The number of aromatic nitrogens is 1. The summed E-state index contributed by atoms with van der Waals surface area (Å²) in [5.74, 6) is -0.0430. The molecule has 140 valence electrons. The van der Waals surface area contributed by atoms with E-state index in [1.54, 1.807) is 11.3 Å². The molecule has 1 fully saturated rings. The summed E-state index contributed by atoms with van der Waals surface area (Å²) in [7, 11) is 0. The molecule has 1 aliphatic carbocycles. The number of amides is 1. The van der Waals surface area contributed by atoms with Gasteiger partial charge < -0.3 is 10.4 Å². The number of nitrogens with one attached hydrogen (secondary N) is 1. The topological polar surface area (TPSA) is 65.5 Å². The Morgan fingerprint density at radius 2 is 2.04 bits per heavy atom. The molecule has 0 radical (unpaired) electrons. The third kappa shape index (κ3) is 4.35. The Kier molecular flexibility index (Phi) is 5.20. The quantitative estimate of drug-likeness (QED) is 0.655. The lowest BCUT2D eigenvalue weighted by Gasteiger charge is -2.20. The molecule has 0 atom stereocenters. The number of aliphatic hydroxyl groups is 1. The van der Waals surface area contributed by atoms with Gasteiger partial charge in [-0.25, -0.2) is 4.98 Å². The Labute approximate surface area is 162 Å². The normalized spacial score (nSPS) is 14.0. The highest BCUT2D eigenvalue weighted by Crippen LogP contribution is 2.31. The molecule has 6 heteroatoms. The molecule has 5 nitrogen and oxygen atoms in total. The van der Waals surface area contributed by atoms with Crippen molar-refractivity contribution in [2.24, 2.45) is 0 Å². The molecule has 0 spiro atoms. The first-order chi connectivity index (χ1) is 13.1. The number of thiazole rings is 1. The number of nitrogens with zero attached hydrogens (tertiary/aromatic N) is 2. The molecule has 0 unspecified atom stereocenters. The molecule has 1 aromatic heterocycles. The number of aliphatic hydroxyl groups excluding tert-OH is 1. The summed E-state index contributed by atoms with van der Waals surface area (Å²) >= 11 is 1.68. The second-order valence-electron chi connectivity index (χ2n) is 7.04. The molecular formula is C21H23N3O2S. The maximum Gasteiger partial charge on any atom is 0.238 e. The standard InChI is InChI=1S/C21H23N3O2S/c1-14-2-9-18-19(12-14)27-21(23-18)15-3-5-16(6-4-15)22-20(26)13-24(10-11-25)17-7-8-17/h2-6,9,12,17,25H,7-8,10-11,13H2,1H3,(H,22,26). The number of benzene rings is 2. The van der Waals surface area contributed by atoms with Gasteiger partial charge in [0.1, 0.15) is 5.01 Å². The lowest BCUT2D eigenvalue weighted by molar-refractivity contribution is -0.117. The molecule has 3 aromatic rings. The highest BCUT2D eigenvalue weighted by molar-refractivity contribution is 7.21. The van der Waals surface area contributed by atoms with Crippen LogP contribution in [0.15, 0.2) is 42.5 Å². The SMILES string of the molecule is Cc1ccc2nc(-c3ccc(NC(=O)CN(CCO)C4CC4)cc3)sc2c1. The van der Waals surface area contributed by atoms with E-state index < -0.39 is 0 Å². The van der Waals surface area contributed by atoms with Gasteiger partial charge in [-0.05, 0) is 61.7 Å². The molecule has 1 saturated carbocycles. The van der Waals surface area contributed by atoms with Gasteiger partial charge >= 0.3 is 0 Å². The van der Waals surface area contributed by atoms with E-state index in [1.807, 2.05) is 29.2 Å². The van der Waals surface area contributed by atoms with Crippen LogP contribution in [0.2, 0.25) is 0 Å². The number of aryl methyl sites for hydroxylation is 1. The first-order valence-electron chi connectivity index (χ1n) is 9.25. The van der Waals surface area contributed by atoms with Gasteiger partial charge in [-0.15, -0.1) is 11.3 Å². The van der Waals surface area contributed by atoms with Crippen LogP contribution in [0.4, 0.5) is 5.69 Å². The maximum atomic E-state index is 12.3. The number of anilines is 1. The molecule has 0 saturated heterocycles. The van der Waals surface area contributed by atoms with Crippen LogP contribution in [0, 0.1) is 6.92 Å². The van der Waals surface area contributed by atoms with Crippen LogP contribution >= 0.6 is 11.3 Å². The summed E-state index contributed by atoms with van der Waals surface area (Å²) in [6.45, 7) is 3.04. The molecule has 0 aliphatic heterocycles. The van der Waals surface area contributed by atoms with Crippen LogP contribution in [-0.2, 0) is 4.79 Å². The van der Waals surface area contributed by atoms with Crippen molar-refractivity contribution in [2.75, 3.05) is 25.0 Å². The van der Waals surface area contributed by atoms with Gasteiger partial charge in [0.15, 0.2) is 0 Å². The van der Waals surface area contributed by atoms with Crippen LogP contribution < -0.4 is 5.32 Å². The number of carbonyl (C=O) groups is 1. The number of fused-ring (bicyclic) bond motifs is 1. The molecule has 1 amide bonds. The zero-order chi connectivity index (χ0) is 18.8. The van der Waals surface area contributed by atoms with E-state index in [-0.39, 0.29) is 12.5 Å². The zero-order valence-electron chi connectivity index (χ0n) is 15.3. The fraction of sp³-hybridized carbons (Fsp3) is 0.333. The minimum Gasteiger partial charge on any atom is -0.395 e. The summed E-state index contributed by atoms with van der Waals surface area (Å²) in [6.07, 6.45) is 2.23. The molecular weight excluding hydrogens is 358 g/mol. The third-order valence-corrected chi connectivity index (χ3v) is 5.82. The van der Waals surface area contributed by atoms with Crippen LogP contribution in [0.1, 0.15) is 18.4 Å². The van der Waals surface area contributed by atoms with Crippen LogP contribution in [0.5, 0.6) is 0 Å². The molecule has 2 N–H and O–H groups in total. The summed E-state index contributed by atoms with van der Waals surface area (Å²) in [5, 5.41) is 13.1. The van der Waals surface area contributed by atoms with E-state index in [2.05, 4.69) is 30.4 Å². The van der Waals surface area contributed by atoms with Crippen LogP contribution in [0.3, 0.4) is 0 Å². The Hall–Kier alpha value is -2.28. The summed E-state index contributed by atoms with van der Waals surface area (Å²) in [4.78, 5) is 19.0. The fourth-order valence-electron chi connectivity index (χ4n) is 3.20. The smallest absolute Gasteiger partial charge is 0.238 e. The minimum atomic E-state index is -0.0430. The predicted molar refractivity (Wildman–Crippen MR) is 110 cm³/mol. The van der Waals surface area contributed by atoms with E-state index >= 15 is 0 Å². The van der Waals surface area contributed by atoms with Gasteiger partial charge in [0, 0.05) is 23.8 Å². The summed E-state index contributed by atoms with van der Waals surface area (Å²) in [6, 6.07) is 14.6. The Morgan fingerprint density at radius 3 is 2.74 bits per heavy atom. The number of hydrogen-bond acceptors (Lipinski definition) is 5. The van der Waals surface area contributed by atoms with Crippen molar-refractivity contribution in [2.45, 2.75) is 25.8 Å². The number of rotatable bonds is 7. The van der Waals surface area contributed by atoms with Crippen molar-refractivity contribution in [3.05, 3.63) is 48.0 Å².